The Hall–Kier alpha value is -0.600. The summed E-state index contributed by atoms with van der Waals surface area (Å²) in [4.78, 5) is 14.4. The molecular formula is C8H11NO2S2. The van der Waals surface area contributed by atoms with Gasteiger partial charge in [0.15, 0.2) is 0 Å². The molecule has 5 heteroatoms. The van der Waals surface area contributed by atoms with Gasteiger partial charge < -0.3 is 4.74 Å². The zero-order valence-corrected chi connectivity index (χ0v) is 9.42. The molecule has 0 spiro atoms. The third kappa shape index (κ3) is 3.75. The molecule has 0 radical (unpaired) electrons. The van der Waals surface area contributed by atoms with Gasteiger partial charge in [0.25, 0.3) is 5.70 Å². The molecule has 0 unspecified atom stereocenters. The predicted molar refractivity (Wildman–Crippen MR) is 57.3 cm³/mol. The lowest BCUT2D eigenvalue weighted by atomic mass is 10.5. The van der Waals surface area contributed by atoms with Gasteiger partial charge in [0.05, 0.1) is 17.4 Å². The highest BCUT2D eigenvalue weighted by Crippen LogP contribution is 2.28. The molecule has 0 aromatic carbocycles. The van der Waals surface area contributed by atoms with Crippen molar-refractivity contribution in [2.45, 2.75) is 6.92 Å². The molecule has 0 atom stereocenters. The highest BCUT2D eigenvalue weighted by atomic mass is 32.2. The lowest BCUT2D eigenvalue weighted by molar-refractivity contribution is -0.138. The topological polar surface area (TPSA) is 30.7 Å². The molecule has 0 bridgehead atoms. The SMILES string of the molecule is [C-]#[N+]C(C(=O)OCC)=C(SC)SC. The lowest BCUT2D eigenvalue weighted by Crippen LogP contribution is -2.06. The molecule has 0 aromatic rings. The van der Waals surface area contributed by atoms with Crippen LogP contribution in [0.25, 0.3) is 4.85 Å². The van der Waals surface area contributed by atoms with Crippen LogP contribution in [0, 0.1) is 6.57 Å². The van der Waals surface area contributed by atoms with E-state index in [0.29, 0.717) is 10.8 Å². The number of hydrogen-bond acceptors (Lipinski definition) is 4. The zero-order valence-electron chi connectivity index (χ0n) is 7.79. The third-order valence-corrected chi connectivity index (χ3v) is 3.27. The number of carbonyl (C=O) groups is 1. The molecule has 0 aliphatic carbocycles. The van der Waals surface area contributed by atoms with E-state index in [1.807, 2.05) is 12.5 Å². The van der Waals surface area contributed by atoms with Crippen LogP contribution in [0.4, 0.5) is 0 Å². The second-order valence-corrected chi connectivity index (χ2v) is 3.77. The highest BCUT2D eigenvalue weighted by Gasteiger charge is 2.15. The first-order chi connectivity index (χ1) is 6.21. The Balaban J connectivity index is 4.77. The number of ether oxygens (including phenoxy) is 1. The standard InChI is InChI=1S/C8H11NO2S2/c1-5-11-7(10)6(9-2)8(12-3)13-4/h5H2,1,3-4H3. The minimum atomic E-state index is -0.531. The van der Waals surface area contributed by atoms with Gasteiger partial charge in [-0.05, 0) is 19.4 Å². The molecule has 13 heavy (non-hydrogen) atoms. The maximum atomic E-state index is 11.2. The largest absolute Gasteiger partial charge is 0.471 e. The van der Waals surface area contributed by atoms with Crippen molar-refractivity contribution in [1.82, 2.24) is 0 Å². The van der Waals surface area contributed by atoms with Crippen LogP contribution in [0.2, 0.25) is 0 Å². The van der Waals surface area contributed by atoms with Gasteiger partial charge in [-0.1, -0.05) is 0 Å². The number of thioether (sulfide) groups is 2. The molecule has 0 rings (SSSR count). The van der Waals surface area contributed by atoms with Crippen molar-refractivity contribution in [3.05, 3.63) is 21.4 Å². The van der Waals surface area contributed by atoms with Crippen molar-refractivity contribution in [1.29, 1.82) is 0 Å². The fourth-order valence-corrected chi connectivity index (χ4v) is 1.96. The summed E-state index contributed by atoms with van der Waals surface area (Å²) in [6.07, 6.45) is 3.66. The summed E-state index contributed by atoms with van der Waals surface area (Å²) in [5.74, 6) is -0.531. The number of nitrogens with zero attached hydrogens (tertiary/aromatic N) is 1. The van der Waals surface area contributed by atoms with Gasteiger partial charge >= 0.3 is 5.97 Å². The molecule has 0 saturated heterocycles. The maximum absolute atomic E-state index is 11.2. The van der Waals surface area contributed by atoms with E-state index in [1.54, 1.807) is 6.92 Å². The van der Waals surface area contributed by atoms with Gasteiger partial charge in [0.1, 0.15) is 0 Å². The van der Waals surface area contributed by atoms with Gasteiger partial charge in [0, 0.05) is 0 Å². The maximum Gasteiger partial charge on any atom is 0.338 e. The number of hydrogen-bond donors (Lipinski definition) is 0. The van der Waals surface area contributed by atoms with Crippen LogP contribution in [0.3, 0.4) is 0 Å². The van der Waals surface area contributed by atoms with Crippen LogP contribution in [0.15, 0.2) is 9.93 Å². The monoisotopic (exact) mass is 217 g/mol. The number of carbonyl (C=O) groups excluding carboxylic acids is 1. The molecule has 0 amide bonds. The fourth-order valence-electron chi connectivity index (χ4n) is 0.651. The molecule has 0 heterocycles. The Bertz CT molecular complexity index is 249. The Kier molecular flexibility index (Phi) is 6.55. The van der Waals surface area contributed by atoms with Gasteiger partial charge in [-0.25, -0.2) is 4.85 Å². The third-order valence-electron chi connectivity index (χ3n) is 1.14. The highest BCUT2D eigenvalue weighted by molar-refractivity contribution is 8.21. The molecule has 72 valence electrons. The Morgan fingerprint density at radius 3 is 2.31 bits per heavy atom. The molecular weight excluding hydrogens is 206 g/mol. The van der Waals surface area contributed by atoms with Crippen LogP contribution >= 0.6 is 23.5 Å². The lowest BCUT2D eigenvalue weighted by Gasteiger charge is -2.03. The molecule has 0 aromatic heterocycles. The fraction of sp³-hybridized carbons (Fsp3) is 0.500. The van der Waals surface area contributed by atoms with Crippen LogP contribution in [-0.4, -0.2) is 25.1 Å². The van der Waals surface area contributed by atoms with E-state index < -0.39 is 5.97 Å². The molecule has 3 nitrogen and oxygen atoms in total. The first kappa shape index (κ1) is 12.4. The Labute approximate surface area is 86.7 Å². The van der Waals surface area contributed by atoms with Crippen LogP contribution < -0.4 is 0 Å². The van der Waals surface area contributed by atoms with Gasteiger partial charge in [-0.15, -0.1) is 23.5 Å². The summed E-state index contributed by atoms with van der Waals surface area (Å²) < 4.78 is 5.44. The molecule has 0 aliphatic heterocycles. The molecule has 0 N–H and O–H groups in total. The van der Waals surface area contributed by atoms with Crippen LogP contribution in [-0.2, 0) is 9.53 Å². The summed E-state index contributed by atoms with van der Waals surface area (Å²) in [5.41, 5.74) is 0.0850. The first-order valence-corrected chi connectivity index (χ1v) is 6.03. The average molecular weight is 217 g/mol. The van der Waals surface area contributed by atoms with Crippen molar-refractivity contribution in [2.24, 2.45) is 0 Å². The first-order valence-electron chi connectivity index (χ1n) is 3.58. The van der Waals surface area contributed by atoms with Crippen molar-refractivity contribution in [3.63, 3.8) is 0 Å². The van der Waals surface area contributed by atoms with E-state index in [-0.39, 0.29) is 5.70 Å². The minimum Gasteiger partial charge on any atom is -0.471 e. The molecule has 0 fully saturated rings. The van der Waals surface area contributed by atoms with Gasteiger partial charge in [-0.3, -0.25) is 4.79 Å². The predicted octanol–water partition coefficient (Wildman–Crippen LogP) is 2.36. The van der Waals surface area contributed by atoms with Crippen LogP contribution in [0.1, 0.15) is 6.92 Å². The Morgan fingerprint density at radius 1 is 1.46 bits per heavy atom. The van der Waals surface area contributed by atoms with Crippen molar-refractivity contribution in [2.75, 3.05) is 19.1 Å². The summed E-state index contributed by atoms with van der Waals surface area (Å²) in [6.45, 7) is 8.86. The smallest absolute Gasteiger partial charge is 0.338 e. The van der Waals surface area contributed by atoms with E-state index in [0.717, 1.165) is 0 Å². The van der Waals surface area contributed by atoms with E-state index in [2.05, 4.69) is 4.85 Å². The number of rotatable bonds is 4. The van der Waals surface area contributed by atoms with Crippen molar-refractivity contribution >= 4 is 29.5 Å². The van der Waals surface area contributed by atoms with E-state index in [1.165, 1.54) is 23.5 Å². The summed E-state index contributed by atoms with van der Waals surface area (Å²) in [6, 6.07) is 0. The van der Waals surface area contributed by atoms with Gasteiger partial charge in [0.2, 0.25) is 0 Å². The summed E-state index contributed by atoms with van der Waals surface area (Å²) >= 11 is 2.77. The van der Waals surface area contributed by atoms with Crippen molar-refractivity contribution < 1.29 is 9.53 Å². The Morgan fingerprint density at radius 2 is 2.00 bits per heavy atom. The summed E-state index contributed by atoms with van der Waals surface area (Å²) in [5, 5.41) is 0. The summed E-state index contributed by atoms with van der Waals surface area (Å²) in [7, 11) is 0. The van der Waals surface area contributed by atoms with Gasteiger partial charge in [-0.2, -0.15) is 0 Å². The second-order valence-electron chi connectivity index (χ2n) is 1.88. The zero-order chi connectivity index (χ0) is 10.3. The minimum absolute atomic E-state index is 0.0850. The van der Waals surface area contributed by atoms with E-state index in [9.17, 15) is 4.79 Å². The quantitative estimate of drug-likeness (QED) is 0.411. The number of esters is 1. The second kappa shape index (κ2) is 6.87. The van der Waals surface area contributed by atoms with Crippen molar-refractivity contribution in [3.8, 4) is 0 Å². The average Bonchev–Trinajstić information content (AvgIpc) is 2.14. The van der Waals surface area contributed by atoms with E-state index >= 15 is 0 Å². The molecule has 0 aliphatic rings. The van der Waals surface area contributed by atoms with E-state index in [4.69, 9.17) is 11.3 Å². The molecule has 0 saturated carbocycles. The normalized spacial score (nSPS) is 8.77. The van der Waals surface area contributed by atoms with Crippen LogP contribution in [0.5, 0.6) is 0 Å².